The van der Waals surface area contributed by atoms with E-state index in [4.69, 9.17) is 16.7 Å². The van der Waals surface area contributed by atoms with Gasteiger partial charge in [0.05, 0.1) is 5.01 Å². The highest BCUT2D eigenvalue weighted by Crippen LogP contribution is 2.24. The van der Waals surface area contributed by atoms with Crippen molar-refractivity contribution in [2.45, 2.75) is 13.3 Å². The van der Waals surface area contributed by atoms with Gasteiger partial charge in [-0.3, -0.25) is 4.79 Å². The smallest absolute Gasteiger partial charge is 0.356 e. The molecule has 0 aliphatic heterocycles. The van der Waals surface area contributed by atoms with E-state index >= 15 is 0 Å². The summed E-state index contributed by atoms with van der Waals surface area (Å²) in [6.07, 6.45) is 0.415. The maximum Gasteiger partial charge on any atom is 0.356 e. The third kappa shape index (κ3) is 3.00. The molecule has 0 fully saturated rings. The molecule has 0 saturated heterocycles. The highest BCUT2D eigenvalue weighted by molar-refractivity contribution is 7.14. The number of Topliss-reactive ketones (excluding diaryl/α,β-unsaturated/α-hetero) is 1. The highest BCUT2D eigenvalue weighted by atomic mass is 35.5. The second kappa shape index (κ2) is 5.50. The van der Waals surface area contributed by atoms with Crippen LogP contribution < -0.4 is 0 Å². The van der Waals surface area contributed by atoms with Crippen LogP contribution >= 0.6 is 22.9 Å². The third-order valence-electron chi connectivity index (χ3n) is 2.49. The zero-order valence-electron chi connectivity index (χ0n) is 10.0. The molecule has 6 heteroatoms. The first-order valence-corrected chi connectivity index (χ1v) is 6.66. The molecule has 0 aliphatic carbocycles. The van der Waals surface area contributed by atoms with Crippen LogP contribution in [0.4, 0.5) is 0 Å². The van der Waals surface area contributed by atoms with Crippen LogP contribution in [0.15, 0.2) is 24.3 Å². The molecule has 1 N–H and O–H groups in total. The molecule has 4 nitrogen and oxygen atoms in total. The van der Waals surface area contributed by atoms with E-state index in [1.54, 1.807) is 6.07 Å². The molecule has 19 heavy (non-hydrogen) atoms. The molecular formula is C13H10ClNO3S. The minimum Gasteiger partial charge on any atom is -0.476 e. The molecule has 0 spiro atoms. The van der Waals surface area contributed by atoms with Crippen LogP contribution in [0.3, 0.4) is 0 Å². The molecule has 1 aromatic carbocycles. The van der Waals surface area contributed by atoms with Crippen LogP contribution in [0.25, 0.3) is 0 Å². The number of carbonyl (C=O) groups is 2. The standard InChI is InChI=1S/C13H10ClNO3S/c1-7(16)12-11(13(17)18)15-10(19-12)6-8-4-2-3-5-9(8)14/h2-5H,6H2,1H3,(H,17,18). The Morgan fingerprint density at radius 2 is 2.05 bits per heavy atom. The average molecular weight is 296 g/mol. The number of carbonyl (C=O) groups excluding carboxylic acids is 1. The van der Waals surface area contributed by atoms with E-state index in [9.17, 15) is 9.59 Å². The second-order valence-electron chi connectivity index (χ2n) is 3.91. The van der Waals surface area contributed by atoms with E-state index in [0.29, 0.717) is 16.5 Å². The van der Waals surface area contributed by atoms with Crippen LogP contribution in [0.5, 0.6) is 0 Å². The Morgan fingerprint density at radius 1 is 1.37 bits per heavy atom. The monoisotopic (exact) mass is 295 g/mol. The van der Waals surface area contributed by atoms with Gasteiger partial charge in [0.15, 0.2) is 11.5 Å². The lowest BCUT2D eigenvalue weighted by molar-refractivity contribution is 0.0687. The van der Waals surface area contributed by atoms with Gasteiger partial charge in [-0.2, -0.15) is 0 Å². The summed E-state index contributed by atoms with van der Waals surface area (Å²) in [5.41, 5.74) is 0.671. The molecule has 0 radical (unpaired) electrons. The van der Waals surface area contributed by atoms with Crippen LogP contribution in [-0.2, 0) is 6.42 Å². The van der Waals surface area contributed by atoms with Crippen molar-refractivity contribution >= 4 is 34.7 Å². The zero-order chi connectivity index (χ0) is 14.0. The maximum absolute atomic E-state index is 11.4. The lowest BCUT2D eigenvalue weighted by Gasteiger charge is -2.00. The van der Waals surface area contributed by atoms with Crippen molar-refractivity contribution in [3.8, 4) is 0 Å². The van der Waals surface area contributed by atoms with Crippen molar-refractivity contribution in [2.24, 2.45) is 0 Å². The summed E-state index contributed by atoms with van der Waals surface area (Å²) >= 11 is 7.14. The summed E-state index contributed by atoms with van der Waals surface area (Å²) in [6, 6.07) is 7.27. The minimum atomic E-state index is -1.19. The van der Waals surface area contributed by atoms with Gasteiger partial charge in [0.1, 0.15) is 4.88 Å². The summed E-state index contributed by atoms with van der Waals surface area (Å²) in [5, 5.41) is 10.2. The maximum atomic E-state index is 11.4. The van der Waals surface area contributed by atoms with Crippen molar-refractivity contribution in [1.29, 1.82) is 0 Å². The number of nitrogens with zero attached hydrogens (tertiary/aromatic N) is 1. The Labute approximate surface area is 118 Å². The van der Waals surface area contributed by atoms with E-state index in [2.05, 4.69) is 4.98 Å². The first kappa shape index (κ1) is 13.7. The fourth-order valence-electron chi connectivity index (χ4n) is 1.63. The van der Waals surface area contributed by atoms with Crippen molar-refractivity contribution < 1.29 is 14.7 Å². The molecule has 0 atom stereocenters. The van der Waals surface area contributed by atoms with Crippen molar-refractivity contribution in [1.82, 2.24) is 4.98 Å². The normalized spacial score (nSPS) is 10.4. The number of hydrogen-bond acceptors (Lipinski definition) is 4. The molecule has 1 aromatic heterocycles. The van der Waals surface area contributed by atoms with E-state index in [1.807, 2.05) is 18.2 Å². The first-order valence-electron chi connectivity index (χ1n) is 5.46. The van der Waals surface area contributed by atoms with Crippen LogP contribution in [0.1, 0.15) is 37.7 Å². The van der Waals surface area contributed by atoms with Gasteiger partial charge in [0.2, 0.25) is 0 Å². The predicted octanol–water partition coefficient (Wildman–Crippen LogP) is 3.29. The van der Waals surface area contributed by atoms with E-state index < -0.39 is 5.97 Å². The van der Waals surface area contributed by atoms with Gasteiger partial charge in [-0.25, -0.2) is 9.78 Å². The summed E-state index contributed by atoms with van der Waals surface area (Å²) in [4.78, 5) is 26.6. The van der Waals surface area contributed by atoms with Crippen molar-refractivity contribution in [3.05, 3.63) is 50.4 Å². The minimum absolute atomic E-state index is 0.176. The van der Waals surface area contributed by atoms with Gasteiger partial charge in [0.25, 0.3) is 0 Å². The van der Waals surface area contributed by atoms with Crippen molar-refractivity contribution in [3.63, 3.8) is 0 Å². The lowest BCUT2D eigenvalue weighted by atomic mass is 10.1. The highest BCUT2D eigenvalue weighted by Gasteiger charge is 2.20. The second-order valence-corrected chi connectivity index (χ2v) is 5.41. The Kier molecular flexibility index (Phi) is 3.97. The van der Waals surface area contributed by atoms with Crippen LogP contribution in [-0.4, -0.2) is 21.8 Å². The molecule has 0 amide bonds. The van der Waals surface area contributed by atoms with E-state index in [1.165, 1.54) is 6.92 Å². The number of aromatic nitrogens is 1. The summed E-state index contributed by atoms with van der Waals surface area (Å²) in [7, 11) is 0. The lowest BCUT2D eigenvalue weighted by Crippen LogP contribution is -2.03. The fourth-order valence-corrected chi connectivity index (χ4v) is 2.80. The number of halogens is 1. The fraction of sp³-hybridized carbons (Fsp3) is 0.154. The van der Waals surface area contributed by atoms with Crippen molar-refractivity contribution in [2.75, 3.05) is 0 Å². The number of ketones is 1. The van der Waals surface area contributed by atoms with E-state index in [0.717, 1.165) is 16.9 Å². The molecule has 1 heterocycles. The Morgan fingerprint density at radius 3 is 2.58 bits per heavy atom. The third-order valence-corrected chi connectivity index (χ3v) is 4.02. The largest absolute Gasteiger partial charge is 0.476 e. The molecule has 2 rings (SSSR count). The van der Waals surface area contributed by atoms with Gasteiger partial charge in [-0.05, 0) is 11.6 Å². The number of benzene rings is 1. The van der Waals surface area contributed by atoms with E-state index in [-0.39, 0.29) is 16.4 Å². The molecule has 0 saturated carbocycles. The molecule has 98 valence electrons. The quantitative estimate of drug-likeness (QED) is 0.879. The molecule has 0 unspecified atom stereocenters. The number of aromatic carboxylic acids is 1. The van der Waals surface area contributed by atoms with Gasteiger partial charge in [-0.15, -0.1) is 11.3 Å². The number of rotatable bonds is 4. The topological polar surface area (TPSA) is 67.3 Å². The Bertz CT molecular complexity index is 620. The molecule has 0 bridgehead atoms. The number of hydrogen-bond donors (Lipinski definition) is 1. The molecular weight excluding hydrogens is 286 g/mol. The predicted molar refractivity (Wildman–Crippen MR) is 73.3 cm³/mol. The number of carboxylic acids is 1. The van der Waals surface area contributed by atoms with Gasteiger partial charge in [0, 0.05) is 18.4 Å². The van der Waals surface area contributed by atoms with Crippen LogP contribution in [0.2, 0.25) is 5.02 Å². The number of thiazole rings is 1. The average Bonchev–Trinajstić information content (AvgIpc) is 2.76. The first-order chi connectivity index (χ1) is 8.99. The van der Waals surface area contributed by atoms with Gasteiger partial charge in [-0.1, -0.05) is 29.8 Å². The van der Waals surface area contributed by atoms with Crippen LogP contribution in [0, 0.1) is 0 Å². The van der Waals surface area contributed by atoms with Gasteiger partial charge >= 0.3 is 5.97 Å². The Hall–Kier alpha value is -1.72. The molecule has 0 aliphatic rings. The zero-order valence-corrected chi connectivity index (χ0v) is 11.6. The Balaban J connectivity index is 2.37. The number of carboxylic acid groups (broad SMARTS) is 1. The summed E-state index contributed by atoms with van der Waals surface area (Å²) in [6.45, 7) is 1.33. The SMILES string of the molecule is CC(=O)c1sc(Cc2ccccc2Cl)nc1C(=O)O. The van der Waals surface area contributed by atoms with Gasteiger partial charge < -0.3 is 5.11 Å². The summed E-state index contributed by atoms with van der Waals surface area (Å²) in [5.74, 6) is -1.48. The summed E-state index contributed by atoms with van der Waals surface area (Å²) < 4.78 is 0. The molecule has 2 aromatic rings.